The number of primary amides is 1. The lowest BCUT2D eigenvalue weighted by Gasteiger charge is -2.32. The van der Waals surface area contributed by atoms with Gasteiger partial charge < -0.3 is 5.73 Å². The molecule has 0 bridgehead atoms. The van der Waals surface area contributed by atoms with Crippen molar-refractivity contribution < 1.29 is 13.6 Å². The van der Waals surface area contributed by atoms with Crippen LogP contribution in [0.15, 0.2) is 24.3 Å². The number of benzene rings is 1. The van der Waals surface area contributed by atoms with Crippen LogP contribution in [-0.4, -0.2) is 11.8 Å². The Bertz CT molecular complexity index is 451. The maximum Gasteiger partial charge on any atom is 0.248 e. The summed E-state index contributed by atoms with van der Waals surface area (Å²) in [6.07, 6.45) is 0.302. The Labute approximate surface area is 115 Å². The van der Waals surface area contributed by atoms with E-state index in [0.717, 1.165) is 5.56 Å². The van der Waals surface area contributed by atoms with E-state index < -0.39 is 17.7 Å². The summed E-state index contributed by atoms with van der Waals surface area (Å²) in [4.78, 5) is 11.6. The SMILES string of the molecule is NC(=O)C(c1ccc(Cl)cc1)C1CCC(F)(F)CC1. The van der Waals surface area contributed by atoms with Crippen molar-refractivity contribution >= 4 is 17.5 Å². The normalized spacial score (nSPS) is 21.0. The van der Waals surface area contributed by atoms with Gasteiger partial charge in [-0.1, -0.05) is 23.7 Å². The second-order valence-corrected chi connectivity index (χ2v) is 5.56. The standard InChI is InChI=1S/C14H16ClF2NO/c15-11-3-1-9(2-4-11)12(13(18)19)10-5-7-14(16,17)8-6-10/h1-4,10,12H,5-8H2,(H2,18,19). The van der Waals surface area contributed by atoms with Crippen molar-refractivity contribution in [2.45, 2.75) is 37.5 Å². The van der Waals surface area contributed by atoms with E-state index in [0.29, 0.717) is 17.9 Å². The maximum absolute atomic E-state index is 13.2. The molecule has 1 aromatic carbocycles. The predicted octanol–water partition coefficient (Wildman–Crippen LogP) is 3.73. The molecule has 0 heterocycles. The molecule has 2 rings (SSSR count). The first-order valence-corrected chi connectivity index (χ1v) is 6.69. The predicted molar refractivity (Wildman–Crippen MR) is 70.3 cm³/mol. The van der Waals surface area contributed by atoms with E-state index in [-0.39, 0.29) is 18.8 Å². The van der Waals surface area contributed by atoms with Crippen LogP contribution in [0.25, 0.3) is 0 Å². The molecule has 1 aliphatic rings. The summed E-state index contributed by atoms with van der Waals surface area (Å²) in [5.41, 5.74) is 6.20. The summed E-state index contributed by atoms with van der Waals surface area (Å²) < 4.78 is 26.3. The van der Waals surface area contributed by atoms with Gasteiger partial charge >= 0.3 is 0 Å². The van der Waals surface area contributed by atoms with Gasteiger partial charge in [-0.25, -0.2) is 8.78 Å². The number of hydrogen-bond donors (Lipinski definition) is 1. The number of halogens is 3. The number of hydrogen-bond acceptors (Lipinski definition) is 1. The molecule has 0 aromatic heterocycles. The number of nitrogens with two attached hydrogens (primary N) is 1. The van der Waals surface area contributed by atoms with E-state index >= 15 is 0 Å². The van der Waals surface area contributed by atoms with Gasteiger partial charge in [0.1, 0.15) is 0 Å². The minimum absolute atomic E-state index is 0.113. The van der Waals surface area contributed by atoms with E-state index in [1.54, 1.807) is 24.3 Å². The smallest absolute Gasteiger partial charge is 0.248 e. The molecular formula is C14H16ClF2NO. The van der Waals surface area contributed by atoms with E-state index in [1.807, 2.05) is 0 Å². The zero-order valence-corrected chi connectivity index (χ0v) is 11.2. The third kappa shape index (κ3) is 3.44. The molecule has 1 amide bonds. The fourth-order valence-corrected chi connectivity index (χ4v) is 2.86. The molecule has 5 heteroatoms. The summed E-state index contributed by atoms with van der Waals surface area (Å²) in [7, 11) is 0. The van der Waals surface area contributed by atoms with Crippen LogP contribution in [0.2, 0.25) is 5.02 Å². The highest BCUT2D eigenvalue weighted by molar-refractivity contribution is 6.30. The van der Waals surface area contributed by atoms with Crippen molar-refractivity contribution in [2.75, 3.05) is 0 Å². The molecule has 2 N–H and O–H groups in total. The highest BCUT2D eigenvalue weighted by Gasteiger charge is 2.39. The molecule has 2 nitrogen and oxygen atoms in total. The third-order valence-electron chi connectivity index (χ3n) is 3.77. The number of carbonyl (C=O) groups is 1. The average Bonchev–Trinajstić information content (AvgIpc) is 2.33. The maximum atomic E-state index is 13.2. The lowest BCUT2D eigenvalue weighted by molar-refractivity contribution is -0.122. The van der Waals surface area contributed by atoms with Crippen molar-refractivity contribution in [3.05, 3.63) is 34.9 Å². The van der Waals surface area contributed by atoms with Gasteiger partial charge in [0.15, 0.2) is 0 Å². The third-order valence-corrected chi connectivity index (χ3v) is 4.02. The Hall–Kier alpha value is -1.16. The van der Waals surface area contributed by atoms with Crippen LogP contribution in [-0.2, 0) is 4.79 Å². The van der Waals surface area contributed by atoms with Crippen LogP contribution in [0.3, 0.4) is 0 Å². The van der Waals surface area contributed by atoms with Crippen LogP contribution in [0.5, 0.6) is 0 Å². The molecule has 0 spiro atoms. The van der Waals surface area contributed by atoms with E-state index in [4.69, 9.17) is 17.3 Å². The Balaban J connectivity index is 2.17. The summed E-state index contributed by atoms with van der Waals surface area (Å²) in [5, 5.41) is 0.571. The number of amides is 1. The van der Waals surface area contributed by atoms with Gasteiger partial charge in [-0.3, -0.25) is 4.79 Å². The number of alkyl halides is 2. The summed E-state index contributed by atoms with van der Waals surface area (Å²) in [6.45, 7) is 0. The quantitative estimate of drug-likeness (QED) is 0.904. The topological polar surface area (TPSA) is 43.1 Å². The molecule has 0 radical (unpaired) electrons. The number of rotatable bonds is 3. The Morgan fingerprint density at radius 3 is 2.26 bits per heavy atom. The van der Waals surface area contributed by atoms with Crippen molar-refractivity contribution in [3.63, 3.8) is 0 Å². The lowest BCUT2D eigenvalue weighted by Crippen LogP contribution is -2.33. The molecule has 1 fully saturated rings. The van der Waals surface area contributed by atoms with Crippen LogP contribution in [0.4, 0.5) is 8.78 Å². The van der Waals surface area contributed by atoms with E-state index in [9.17, 15) is 13.6 Å². The van der Waals surface area contributed by atoms with Gasteiger partial charge in [0.05, 0.1) is 5.92 Å². The van der Waals surface area contributed by atoms with Crippen molar-refractivity contribution in [1.29, 1.82) is 0 Å². The van der Waals surface area contributed by atoms with Crippen LogP contribution < -0.4 is 5.73 Å². The van der Waals surface area contributed by atoms with Crippen LogP contribution in [0, 0.1) is 5.92 Å². The average molecular weight is 288 g/mol. The van der Waals surface area contributed by atoms with Gasteiger partial charge in [-0.2, -0.15) is 0 Å². The highest BCUT2D eigenvalue weighted by Crippen LogP contribution is 2.42. The second-order valence-electron chi connectivity index (χ2n) is 5.12. The molecule has 1 atom stereocenters. The number of carbonyl (C=O) groups excluding carboxylic acids is 1. The first-order chi connectivity index (χ1) is 8.89. The zero-order valence-electron chi connectivity index (χ0n) is 10.4. The fraction of sp³-hybridized carbons (Fsp3) is 0.500. The van der Waals surface area contributed by atoms with E-state index in [1.165, 1.54) is 0 Å². The zero-order chi connectivity index (χ0) is 14.0. The molecule has 104 valence electrons. The van der Waals surface area contributed by atoms with Gasteiger partial charge in [-0.15, -0.1) is 0 Å². The first-order valence-electron chi connectivity index (χ1n) is 6.32. The van der Waals surface area contributed by atoms with Gasteiger partial charge in [0.25, 0.3) is 0 Å². The molecule has 19 heavy (non-hydrogen) atoms. The monoisotopic (exact) mass is 287 g/mol. The van der Waals surface area contributed by atoms with Gasteiger partial charge in [0, 0.05) is 17.9 Å². The van der Waals surface area contributed by atoms with Crippen molar-refractivity contribution in [1.82, 2.24) is 0 Å². The fourth-order valence-electron chi connectivity index (χ4n) is 2.73. The van der Waals surface area contributed by atoms with Gasteiger partial charge in [-0.05, 0) is 36.5 Å². The molecule has 1 aliphatic carbocycles. The minimum Gasteiger partial charge on any atom is -0.369 e. The Kier molecular flexibility index (Phi) is 4.09. The molecule has 0 saturated heterocycles. The molecule has 1 aromatic rings. The van der Waals surface area contributed by atoms with Crippen LogP contribution >= 0.6 is 11.6 Å². The molecular weight excluding hydrogens is 272 g/mol. The summed E-state index contributed by atoms with van der Waals surface area (Å²) in [5.74, 6) is -3.68. The summed E-state index contributed by atoms with van der Waals surface area (Å²) in [6, 6.07) is 6.85. The van der Waals surface area contributed by atoms with Gasteiger partial charge in [0.2, 0.25) is 11.8 Å². The lowest BCUT2D eigenvalue weighted by atomic mass is 9.75. The molecule has 1 unspecified atom stereocenters. The largest absolute Gasteiger partial charge is 0.369 e. The summed E-state index contributed by atoms with van der Waals surface area (Å²) >= 11 is 5.80. The Morgan fingerprint density at radius 1 is 1.26 bits per heavy atom. The molecule has 0 aliphatic heterocycles. The van der Waals surface area contributed by atoms with Crippen molar-refractivity contribution in [2.24, 2.45) is 11.7 Å². The second kappa shape index (κ2) is 5.45. The van der Waals surface area contributed by atoms with Crippen LogP contribution in [0.1, 0.15) is 37.2 Å². The highest BCUT2D eigenvalue weighted by atomic mass is 35.5. The van der Waals surface area contributed by atoms with E-state index in [2.05, 4.69) is 0 Å². The molecule has 1 saturated carbocycles. The minimum atomic E-state index is -2.60. The van der Waals surface area contributed by atoms with Crippen molar-refractivity contribution in [3.8, 4) is 0 Å². The first kappa shape index (κ1) is 14.3. The Morgan fingerprint density at radius 2 is 1.79 bits per heavy atom.